The summed E-state index contributed by atoms with van der Waals surface area (Å²) in [6.45, 7) is 0. The number of anilines is 1. The Balaban J connectivity index is 2.44. The van der Waals surface area contributed by atoms with E-state index in [0.717, 1.165) is 18.2 Å². The lowest BCUT2D eigenvalue weighted by Crippen LogP contribution is -2.14. The number of hydrogen-bond donors (Lipinski definition) is 2. The first-order valence-electron chi connectivity index (χ1n) is 5.61. The average molecular weight is 330 g/mol. The van der Waals surface area contributed by atoms with Gasteiger partial charge in [-0.2, -0.15) is 0 Å². The van der Waals surface area contributed by atoms with Crippen LogP contribution in [0.5, 0.6) is 0 Å². The molecule has 110 valence electrons. The largest absolute Gasteiger partial charge is 0.478 e. The minimum atomic E-state index is -4.13. The van der Waals surface area contributed by atoms with Crippen LogP contribution in [-0.4, -0.2) is 19.5 Å². The van der Waals surface area contributed by atoms with Gasteiger partial charge in [0.1, 0.15) is 10.7 Å². The Hall–Kier alpha value is -2.12. The van der Waals surface area contributed by atoms with Gasteiger partial charge in [0.15, 0.2) is 0 Å². The summed E-state index contributed by atoms with van der Waals surface area (Å²) < 4.78 is 39.6. The van der Waals surface area contributed by atoms with Crippen LogP contribution in [0.4, 0.5) is 10.1 Å². The van der Waals surface area contributed by atoms with Gasteiger partial charge in [-0.05, 0) is 36.4 Å². The summed E-state index contributed by atoms with van der Waals surface area (Å²) >= 11 is 5.80. The zero-order valence-corrected chi connectivity index (χ0v) is 12.0. The Bertz CT molecular complexity index is 808. The molecule has 0 aromatic heterocycles. The molecule has 0 aliphatic rings. The van der Waals surface area contributed by atoms with Crippen LogP contribution in [0, 0.1) is 5.82 Å². The molecule has 0 heterocycles. The van der Waals surface area contributed by atoms with E-state index < -0.39 is 26.7 Å². The van der Waals surface area contributed by atoms with Gasteiger partial charge in [-0.25, -0.2) is 17.6 Å². The highest BCUT2D eigenvalue weighted by Gasteiger charge is 2.20. The van der Waals surface area contributed by atoms with E-state index in [1.165, 1.54) is 24.3 Å². The second-order valence-electron chi connectivity index (χ2n) is 4.07. The fourth-order valence-corrected chi connectivity index (χ4v) is 3.18. The standard InChI is InChI=1S/C13H9ClFNO4S/c14-11-5-4-8(13(17)18)6-12(11)21(19,20)16-10-3-1-2-9(15)7-10/h1-7,16H,(H,17,18). The first kappa shape index (κ1) is 15.3. The van der Waals surface area contributed by atoms with Crippen LogP contribution in [0.2, 0.25) is 5.02 Å². The van der Waals surface area contributed by atoms with Gasteiger partial charge in [0.25, 0.3) is 10.0 Å². The maximum atomic E-state index is 13.1. The third-order valence-corrected chi connectivity index (χ3v) is 4.41. The van der Waals surface area contributed by atoms with E-state index in [1.807, 2.05) is 0 Å². The van der Waals surface area contributed by atoms with E-state index in [0.29, 0.717) is 0 Å². The van der Waals surface area contributed by atoms with Gasteiger partial charge < -0.3 is 5.11 Å². The first-order valence-corrected chi connectivity index (χ1v) is 7.47. The molecule has 0 bridgehead atoms. The molecule has 2 rings (SSSR count). The van der Waals surface area contributed by atoms with Crippen LogP contribution in [-0.2, 0) is 10.0 Å². The molecule has 0 saturated carbocycles. The van der Waals surface area contributed by atoms with Gasteiger partial charge in [0.2, 0.25) is 0 Å². The number of benzene rings is 2. The van der Waals surface area contributed by atoms with E-state index in [-0.39, 0.29) is 16.3 Å². The maximum Gasteiger partial charge on any atom is 0.335 e. The van der Waals surface area contributed by atoms with Crippen molar-refractivity contribution in [2.75, 3.05) is 4.72 Å². The van der Waals surface area contributed by atoms with Crippen molar-refractivity contribution in [2.45, 2.75) is 4.90 Å². The molecule has 21 heavy (non-hydrogen) atoms. The molecular weight excluding hydrogens is 321 g/mol. The fourth-order valence-electron chi connectivity index (χ4n) is 1.60. The second-order valence-corrected chi connectivity index (χ2v) is 6.12. The SMILES string of the molecule is O=C(O)c1ccc(Cl)c(S(=O)(=O)Nc2cccc(F)c2)c1. The summed E-state index contributed by atoms with van der Waals surface area (Å²) in [7, 11) is -4.13. The number of carbonyl (C=O) groups is 1. The van der Waals surface area contributed by atoms with E-state index >= 15 is 0 Å². The van der Waals surface area contributed by atoms with Gasteiger partial charge in [0, 0.05) is 0 Å². The molecule has 8 heteroatoms. The Morgan fingerprint density at radius 3 is 2.52 bits per heavy atom. The van der Waals surface area contributed by atoms with Crippen LogP contribution in [0.15, 0.2) is 47.4 Å². The Morgan fingerprint density at radius 1 is 1.19 bits per heavy atom. The molecular formula is C13H9ClFNO4S. The van der Waals surface area contributed by atoms with E-state index in [4.69, 9.17) is 16.7 Å². The lowest BCUT2D eigenvalue weighted by molar-refractivity contribution is 0.0696. The smallest absolute Gasteiger partial charge is 0.335 e. The van der Waals surface area contributed by atoms with Crippen LogP contribution in [0.3, 0.4) is 0 Å². The number of aromatic carboxylic acids is 1. The van der Waals surface area contributed by atoms with E-state index in [1.54, 1.807) is 0 Å². The van der Waals surface area contributed by atoms with Crippen molar-refractivity contribution in [3.63, 3.8) is 0 Å². The molecule has 0 saturated heterocycles. The number of carboxylic acid groups (broad SMARTS) is 1. The average Bonchev–Trinajstić information content (AvgIpc) is 2.38. The van der Waals surface area contributed by atoms with E-state index in [9.17, 15) is 17.6 Å². The summed E-state index contributed by atoms with van der Waals surface area (Å²) in [4.78, 5) is 10.5. The first-order chi connectivity index (χ1) is 9.79. The van der Waals surface area contributed by atoms with Crippen molar-refractivity contribution >= 4 is 33.3 Å². The van der Waals surface area contributed by atoms with Gasteiger partial charge in [-0.15, -0.1) is 0 Å². The number of rotatable bonds is 4. The van der Waals surface area contributed by atoms with Crippen LogP contribution in [0.1, 0.15) is 10.4 Å². The Labute approximate surface area is 125 Å². The summed E-state index contributed by atoms with van der Waals surface area (Å²) in [6.07, 6.45) is 0. The molecule has 2 aromatic carbocycles. The van der Waals surface area contributed by atoms with Crippen molar-refractivity contribution < 1.29 is 22.7 Å². The molecule has 2 aromatic rings. The monoisotopic (exact) mass is 329 g/mol. The Morgan fingerprint density at radius 2 is 1.90 bits per heavy atom. The van der Waals surface area contributed by atoms with Crippen molar-refractivity contribution in [3.05, 3.63) is 58.9 Å². The third-order valence-electron chi connectivity index (χ3n) is 2.54. The zero-order valence-electron chi connectivity index (χ0n) is 10.4. The fraction of sp³-hybridized carbons (Fsp3) is 0. The molecule has 0 spiro atoms. The summed E-state index contributed by atoms with van der Waals surface area (Å²) in [6, 6.07) is 8.14. The number of halogens is 2. The normalized spacial score (nSPS) is 11.1. The molecule has 2 N–H and O–H groups in total. The van der Waals surface area contributed by atoms with Gasteiger partial charge in [0.05, 0.1) is 16.3 Å². The quantitative estimate of drug-likeness (QED) is 0.903. The molecule has 0 unspecified atom stereocenters. The number of sulfonamides is 1. The van der Waals surface area contributed by atoms with E-state index in [2.05, 4.69) is 4.72 Å². The second kappa shape index (κ2) is 5.71. The van der Waals surface area contributed by atoms with Crippen molar-refractivity contribution in [1.82, 2.24) is 0 Å². The van der Waals surface area contributed by atoms with Gasteiger partial charge >= 0.3 is 5.97 Å². The Kier molecular flexibility index (Phi) is 4.15. The minimum absolute atomic E-state index is 0.00629. The predicted molar refractivity (Wildman–Crippen MR) is 75.6 cm³/mol. The van der Waals surface area contributed by atoms with Crippen LogP contribution >= 0.6 is 11.6 Å². The van der Waals surface area contributed by atoms with Crippen LogP contribution in [0.25, 0.3) is 0 Å². The zero-order chi connectivity index (χ0) is 15.6. The topological polar surface area (TPSA) is 83.5 Å². The summed E-state index contributed by atoms with van der Waals surface area (Å²) in [5.74, 6) is -1.89. The summed E-state index contributed by atoms with van der Waals surface area (Å²) in [5, 5.41) is 8.75. The molecule has 0 fully saturated rings. The molecule has 0 radical (unpaired) electrons. The third kappa shape index (κ3) is 3.50. The molecule has 0 aliphatic heterocycles. The number of nitrogens with one attached hydrogen (secondary N) is 1. The number of carboxylic acids is 1. The molecule has 0 amide bonds. The van der Waals surface area contributed by atoms with Crippen molar-refractivity contribution in [3.8, 4) is 0 Å². The van der Waals surface area contributed by atoms with Gasteiger partial charge in [-0.1, -0.05) is 17.7 Å². The number of hydrogen-bond acceptors (Lipinski definition) is 3. The highest BCUT2D eigenvalue weighted by atomic mass is 35.5. The summed E-state index contributed by atoms with van der Waals surface area (Å²) in [5.41, 5.74) is -0.217. The van der Waals surface area contributed by atoms with Crippen molar-refractivity contribution in [1.29, 1.82) is 0 Å². The van der Waals surface area contributed by atoms with Crippen LogP contribution < -0.4 is 4.72 Å². The minimum Gasteiger partial charge on any atom is -0.478 e. The predicted octanol–water partition coefficient (Wildman–Crippen LogP) is 2.98. The molecule has 5 nitrogen and oxygen atoms in total. The van der Waals surface area contributed by atoms with Gasteiger partial charge in [-0.3, -0.25) is 4.72 Å². The molecule has 0 aliphatic carbocycles. The highest BCUT2D eigenvalue weighted by molar-refractivity contribution is 7.92. The highest BCUT2D eigenvalue weighted by Crippen LogP contribution is 2.25. The lowest BCUT2D eigenvalue weighted by atomic mass is 10.2. The maximum absolute atomic E-state index is 13.1. The molecule has 0 atom stereocenters. The van der Waals surface area contributed by atoms with Crippen molar-refractivity contribution in [2.24, 2.45) is 0 Å². The lowest BCUT2D eigenvalue weighted by Gasteiger charge is -2.10.